The number of hydrogen-bond acceptors (Lipinski definition) is 3. The van der Waals surface area contributed by atoms with E-state index in [9.17, 15) is 0 Å². The molecule has 0 unspecified atom stereocenters. The van der Waals surface area contributed by atoms with E-state index < -0.39 is 0 Å². The molecule has 0 amide bonds. The van der Waals surface area contributed by atoms with Gasteiger partial charge in [0.1, 0.15) is 0 Å². The fourth-order valence-corrected chi connectivity index (χ4v) is 2.19. The fraction of sp³-hybridized carbons (Fsp3) is 0.538. The first-order valence-electron chi connectivity index (χ1n) is 5.69. The van der Waals surface area contributed by atoms with Gasteiger partial charge in [0.05, 0.1) is 26.4 Å². The zero-order valence-corrected chi connectivity index (χ0v) is 9.44. The van der Waals surface area contributed by atoms with E-state index in [1.54, 1.807) is 0 Å². The number of ether oxygens (including phenoxy) is 3. The molecule has 3 nitrogen and oxygen atoms in total. The van der Waals surface area contributed by atoms with Gasteiger partial charge in [0.2, 0.25) is 0 Å². The molecule has 86 valence electrons. The molecule has 0 spiro atoms. The van der Waals surface area contributed by atoms with Gasteiger partial charge >= 0.3 is 0 Å². The summed E-state index contributed by atoms with van der Waals surface area (Å²) in [7, 11) is 0. The van der Waals surface area contributed by atoms with E-state index in [4.69, 9.17) is 14.2 Å². The van der Waals surface area contributed by atoms with Gasteiger partial charge in [0.15, 0.2) is 6.29 Å². The summed E-state index contributed by atoms with van der Waals surface area (Å²) in [6, 6.07) is 8.46. The lowest BCUT2D eigenvalue weighted by atomic mass is 9.80. The lowest BCUT2D eigenvalue weighted by molar-refractivity contribution is -0.0523. The highest BCUT2D eigenvalue weighted by atomic mass is 16.7. The van der Waals surface area contributed by atoms with E-state index in [2.05, 4.69) is 31.2 Å². The van der Waals surface area contributed by atoms with Crippen LogP contribution in [-0.2, 0) is 19.6 Å². The third kappa shape index (κ3) is 1.65. The predicted octanol–water partition coefficient (Wildman–Crippen LogP) is 2.02. The smallest absolute Gasteiger partial charge is 0.184 e. The van der Waals surface area contributed by atoms with Crippen molar-refractivity contribution < 1.29 is 14.2 Å². The minimum atomic E-state index is -0.176. The average Bonchev–Trinajstić information content (AvgIpc) is 2.79. The van der Waals surface area contributed by atoms with Gasteiger partial charge in [-0.2, -0.15) is 0 Å². The Morgan fingerprint density at radius 3 is 2.56 bits per heavy atom. The second-order valence-corrected chi connectivity index (χ2v) is 4.75. The minimum absolute atomic E-state index is 0.175. The molecule has 0 radical (unpaired) electrons. The maximum atomic E-state index is 5.50. The highest BCUT2D eigenvalue weighted by molar-refractivity contribution is 5.32. The van der Waals surface area contributed by atoms with Crippen LogP contribution in [0.5, 0.6) is 0 Å². The van der Waals surface area contributed by atoms with Crippen LogP contribution in [-0.4, -0.2) is 26.4 Å². The second kappa shape index (κ2) is 3.84. The van der Waals surface area contributed by atoms with Crippen molar-refractivity contribution in [3.63, 3.8) is 0 Å². The van der Waals surface area contributed by atoms with Crippen molar-refractivity contribution in [2.24, 2.45) is 0 Å². The van der Waals surface area contributed by atoms with Crippen LogP contribution in [0.2, 0.25) is 0 Å². The Labute approximate surface area is 95.3 Å². The molecule has 2 heterocycles. The van der Waals surface area contributed by atoms with Gasteiger partial charge in [-0.1, -0.05) is 31.2 Å². The van der Waals surface area contributed by atoms with Gasteiger partial charge in [0, 0.05) is 11.0 Å². The fourth-order valence-electron chi connectivity index (χ4n) is 2.19. The van der Waals surface area contributed by atoms with E-state index in [1.165, 1.54) is 5.56 Å². The quantitative estimate of drug-likeness (QED) is 0.763. The summed E-state index contributed by atoms with van der Waals surface area (Å²) in [5, 5.41) is 0. The molecular weight excluding hydrogens is 204 g/mol. The van der Waals surface area contributed by atoms with E-state index in [1.807, 2.05) is 0 Å². The first kappa shape index (κ1) is 10.3. The maximum absolute atomic E-state index is 5.50. The predicted molar refractivity (Wildman–Crippen MR) is 59.3 cm³/mol. The molecule has 2 saturated heterocycles. The Morgan fingerprint density at radius 1 is 1.19 bits per heavy atom. The first-order valence-corrected chi connectivity index (χ1v) is 5.69. The molecule has 0 atom stereocenters. The van der Waals surface area contributed by atoms with Gasteiger partial charge in [-0.25, -0.2) is 0 Å². The Bertz CT molecular complexity index is 379. The molecule has 0 bridgehead atoms. The normalized spacial score (nSPS) is 24.3. The summed E-state index contributed by atoms with van der Waals surface area (Å²) in [6.07, 6.45) is -0.176. The van der Waals surface area contributed by atoms with Gasteiger partial charge in [-0.3, -0.25) is 0 Å². The van der Waals surface area contributed by atoms with Gasteiger partial charge in [-0.15, -0.1) is 0 Å². The highest BCUT2D eigenvalue weighted by Gasteiger charge is 2.35. The Balaban J connectivity index is 1.87. The van der Waals surface area contributed by atoms with Crippen molar-refractivity contribution >= 4 is 0 Å². The summed E-state index contributed by atoms with van der Waals surface area (Å²) >= 11 is 0. The summed E-state index contributed by atoms with van der Waals surface area (Å²) in [5.41, 5.74) is 2.60. The molecular formula is C13H16O3. The van der Waals surface area contributed by atoms with Crippen LogP contribution in [0.4, 0.5) is 0 Å². The Morgan fingerprint density at radius 2 is 1.94 bits per heavy atom. The molecule has 16 heavy (non-hydrogen) atoms. The van der Waals surface area contributed by atoms with Crippen molar-refractivity contribution in [1.29, 1.82) is 0 Å². The third-order valence-corrected chi connectivity index (χ3v) is 3.32. The number of benzene rings is 1. The molecule has 3 rings (SSSR count). The summed E-state index contributed by atoms with van der Waals surface area (Å²) in [5.74, 6) is 0. The molecule has 0 saturated carbocycles. The van der Waals surface area contributed by atoms with Crippen LogP contribution in [0, 0.1) is 0 Å². The van der Waals surface area contributed by atoms with Gasteiger partial charge < -0.3 is 14.2 Å². The van der Waals surface area contributed by atoms with E-state index in [0.29, 0.717) is 13.2 Å². The van der Waals surface area contributed by atoms with Crippen LogP contribution in [0.1, 0.15) is 24.3 Å². The largest absolute Gasteiger partial charge is 0.379 e. The summed E-state index contributed by atoms with van der Waals surface area (Å²) in [6.45, 7) is 5.22. The monoisotopic (exact) mass is 220 g/mol. The van der Waals surface area contributed by atoms with Crippen LogP contribution in [0.15, 0.2) is 24.3 Å². The molecule has 0 aromatic heterocycles. The summed E-state index contributed by atoms with van der Waals surface area (Å²) < 4.78 is 16.3. The zero-order valence-electron chi connectivity index (χ0n) is 9.44. The van der Waals surface area contributed by atoms with Crippen molar-refractivity contribution in [1.82, 2.24) is 0 Å². The van der Waals surface area contributed by atoms with Crippen LogP contribution < -0.4 is 0 Å². The lowest BCUT2D eigenvalue weighted by Gasteiger charge is -2.38. The van der Waals surface area contributed by atoms with E-state index in [0.717, 1.165) is 18.8 Å². The molecule has 2 aliphatic heterocycles. The SMILES string of the molecule is CC1(c2cccc(C3OCCO3)c2)COC1. The van der Waals surface area contributed by atoms with Crippen molar-refractivity contribution in [2.45, 2.75) is 18.6 Å². The summed E-state index contributed by atoms with van der Waals surface area (Å²) in [4.78, 5) is 0. The standard InChI is InChI=1S/C13H16O3/c1-13(8-14-9-13)11-4-2-3-10(7-11)12-15-5-6-16-12/h2-4,7,12H,5-6,8-9H2,1H3. The maximum Gasteiger partial charge on any atom is 0.184 e. The number of hydrogen-bond donors (Lipinski definition) is 0. The van der Waals surface area contributed by atoms with Crippen LogP contribution in [0.25, 0.3) is 0 Å². The number of rotatable bonds is 2. The van der Waals surface area contributed by atoms with Gasteiger partial charge in [-0.05, 0) is 5.56 Å². The molecule has 2 fully saturated rings. The zero-order chi connectivity index (χ0) is 11.0. The average molecular weight is 220 g/mol. The van der Waals surface area contributed by atoms with E-state index in [-0.39, 0.29) is 11.7 Å². The van der Waals surface area contributed by atoms with Crippen molar-refractivity contribution in [3.05, 3.63) is 35.4 Å². The van der Waals surface area contributed by atoms with Crippen LogP contribution >= 0.6 is 0 Å². The Kier molecular flexibility index (Phi) is 2.46. The highest BCUT2D eigenvalue weighted by Crippen LogP contribution is 2.34. The lowest BCUT2D eigenvalue weighted by Crippen LogP contribution is -2.43. The topological polar surface area (TPSA) is 27.7 Å². The van der Waals surface area contributed by atoms with Gasteiger partial charge in [0.25, 0.3) is 0 Å². The van der Waals surface area contributed by atoms with E-state index >= 15 is 0 Å². The minimum Gasteiger partial charge on any atom is -0.379 e. The first-order chi connectivity index (χ1) is 7.78. The molecule has 0 N–H and O–H groups in total. The third-order valence-electron chi connectivity index (χ3n) is 3.32. The molecule has 1 aromatic carbocycles. The van der Waals surface area contributed by atoms with Crippen molar-refractivity contribution in [3.8, 4) is 0 Å². The molecule has 2 aliphatic rings. The molecule has 0 aliphatic carbocycles. The Hall–Kier alpha value is -0.900. The van der Waals surface area contributed by atoms with Crippen LogP contribution in [0.3, 0.4) is 0 Å². The van der Waals surface area contributed by atoms with Crippen molar-refractivity contribution in [2.75, 3.05) is 26.4 Å². The second-order valence-electron chi connectivity index (χ2n) is 4.75. The molecule has 1 aromatic rings. The molecule has 3 heteroatoms.